The molecule has 19 heavy (non-hydrogen) atoms. The maximum Gasteiger partial charge on any atom is 0.275 e. The Morgan fingerprint density at radius 3 is 2.89 bits per heavy atom. The van der Waals surface area contributed by atoms with Gasteiger partial charge in [-0.1, -0.05) is 19.0 Å². The number of hydrogen-bond donors (Lipinski definition) is 0. The third-order valence-electron chi connectivity index (χ3n) is 3.41. The highest BCUT2D eigenvalue weighted by molar-refractivity contribution is 5.92. The summed E-state index contributed by atoms with van der Waals surface area (Å²) < 4.78 is 10.8. The first-order valence-electron chi connectivity index (χ1n) is 6.91. The van der Waals surface area contributed by atoms with E-state index in [-0.39, 0.29) is 17.9 Å². The van der Waals surface area contributed by atoms with Crippen LogP contribution in [0.25, 0.3) is 0 Å². The number of amides is 1. The summed E-state index contributed by atoms with van der Waals surface area (Å²) in [5, 5.41) is 3.84. The number of aromatic nitrogens is 1. The van der Waals surface area contributed by atoms with E-state index >= 15 is 0 Å². The molecule has 5 heteroatoms. The van der Waals surface area contributed by atoms with E-state index in [1.165, 1.54) is 6.42 Å². The molecule has 0 bridgehead atoms. The van der Waals surface area contributed by atoms with Crippen molar-refractivity contribution < 1.29 is 14.1 Å². The molecule has 5 nitrogen and oxygen atoms in total. The fourth-order valence-electron chi connectivity index (χ4n) is 2.20. The second-order valence-corrected chi connectivity index (χ2v) is 5.44. The van der Waals surface area contributed by atoms with Gasteiger partial charge in [0.2, 0.25) is 0 Å². The Balaban J connectivity index is 1.93. The number of carbonyl (C=O) groups excluding carboxylic acids is 1. The van der Waals surface area contributed by atoms with Crippen LogP contribution in [-0.2, 0) is 4.74 Å². The lowest BCUT2D eigenvalue weighted by atomic mass is 10.1. The highest BCUT2D eigenvalue weighted by atomic mass is 16.5. The smallest absolute Gasteiger partial charge is 0.275 e. The molecule has 0 saturated carbocycles. The summed E-state index contributed by atoms with van der Waals surface area (Å²) in [6.45, 7) is 5.43. The van der Waals surface area contributed by atoms with E-state index in [2.05, 4.69) is 5.16 Å². The Hall–Kier alpha value is -1.36. The average Bonchev–Trinajstić information content (AvgIpc) is 2.88. The molecule has 1 amide bonds. The first kappa shape index (κ1) is 14.1. The summed E-state index contributed by atoms with van der Waals surface area (Å²) >= 11 is 0. The SMILES string of the molecule is CC(C)c1cc(C(=O)N(C)C[C@H]2CCCCO2)no1. The maximum atomic E-state index is 12.2. The number of likely N-dealkylation sites (N-methyl/N-ethyl adjacent to an activating group) is 1. The number of rotatable bonds is 4. The molecule has 2 rings (SSSR count). The lowest BCUT2D eigenvalue weighted by molar-refractivity contribution is -0.000359. The summed E-state index contributed by atoms with van der Waals surface area (Å²) in [6.07, 6.45) is 3.47. The molecule has 1 aromatic rings. The second-order valence-electron chi connectivity index (χ2n) is 5.44. The van der Waals surface area contributed by atoms with Crippen LogP contribution in [0.4, 0.5) is 0 Å². The monoisotopic (exact) mass is 266 g/mol. The first-order valence-corrected chi connectivity index (χ1v) is 6.91. The maximum absolute atomic E-state index is 12.2. The van der Waals surface area contributed by atoms with Crippen molar-refractivity contribution >= 4 is 5.91 Å². The van der Waals surface area contributed by atoms with Crippen LogP contribution in [0.15, 0.2) is 10.6 Å². The molecule has 1 saturated heterocycles. The van der Waals surface area contributed by atoms with Gasteiger partial charge in [-0.3, -0.25) is 4.79 Å². The summed E-state index contributed by atoms with van der Waals surface area (Å²) in [5.41, 5.74) is 0.377. The minimum Gasteiger partial charge on any atom is -0.376 e. The number of hydrogen-bond acceptors (Lipinski definition) is 4. The van der Waals surface area contributed by atoms with E-state index < -0.39 is 0 Å². The zero-order valence-electron chi connectivity index (χ0n) is 11.9. The first-order chi connectivity index (χ1) is 9.08. The van der Waals surface area contributed by atoms with E-state index in [0.717, 1.165) is 25.2 Å². The highest BCUT2D eigenvalue weighted by Gasteiger charge is 2.22. The molecule has 1 atom stereocenters. The van der Waals surface area contributed by atoms with Crippen LogP contribution in [0.3, 0.4) is 0 Å². The Morgan fingerprint density at radius 1 is 1.53 bits per heavy atom. The van der Waals surface area contributed by atoms with E-state index in [4.69, 9.17) is 9.26 Å². The lowest BCUT2D eigenvalue weighted by Gasteiger charge is -2.26. The number of carbonyl (C=O) groups is 1. The molecule has 106 valence electrons. The van der Waals surface area contributed by atoms with Crippen LogP contribution in [0.1, 0.15) is 55.3 Å². The van der Waals surface area contributed by atoms with Crippen molar-refractivity contribution in [2.24, 2.45) is 0 Å². The van der Waals surface area contributed by atoms with Gasteiger partial charge in [-0.25, -0.2) is 0 Å². The summed E-state index contributed by atoms with van der Waals surface area (Å²) in [4.78, 5) is 13.9. The van der Waals surface area contributed by atoms with Gasteiger partial charge >= 0.3 is 0 Å². The van der Waals surface area contributed by atoms with Crippen molar-refractivity contribution in [3.05, 3.63) is 17.5 Å². The summed E-state index contributed by atoms with van der Waals surface area (Å²) in [5.74, 6) is 0.872. The van der Waals surface area contributed by atoms with Crippen LogP contribution in [0.5, 0.6) is 0 Å². The Kier molecular flexibility index (Phi) is 4.58. The Labute approximate surface area is 113 Å². The Bertz CT molecular complexity index is 422. The standard InChI is InChI=1S/C14H22N2O3/c1-10(2)13-8-12(15-19-13)14(17)16(3)9-11-6-4-5-7-18-11/h8,10-11H,4-7,9H2,1-3H3/t11-/m1/s1. The third kappa shape index (κ3) is 3.56. The van der Waals surface area contributed by atoms with Crippen LogP contribution in [0, 0.1) is 0 Å². The quantitative estimate of drug-likeness (QED) is 0.840. The van der Waals surface area contributed by atoms with Gasteiger partial charge in [-0.2, -0.15) is 0 Å². The van der Waals surface area contributed by atoms with Crippen LogP contribution in [-0.4, -0.2) is 42.3 Å². The zero-order valence-corrected chi connectivity index (χ0v) is 11.9. The van der Waals surface area contributed by atoms with Gasteiger partial charge in [0.1, 0.15) is 5.76 Å². The minimum atomic E-state index is -0.107. The van der Waals surface area contributed by atoms with E-state index in [1.807, 2.05) is 13.8 Å². The largest absolute Gasteiger partial charge is 0.376 e. The molecule has 0 aliphatic carbocycles. The minimum absolute atomic E-state index is 0.107. The number of nitrogens with zero attached hydrogens (tertiary/aromatic N) is 2. The molecule has 1 aliphatic heterocycles. The summed E-state index contributed by atoms with van der Waals surface area (Å²) in [6, 6.07) is 1.73. The van der Waals surface area contributed by atoms with Crippen molar-refractivity contribution in [1.82, 2.24) is 10.1 Å². The Morgan fingerprint density at radius 2 is 2.32 bits per heavy atom. The molecule has 0 unspecified atom stereocenters. The normalized spacial score (nSPS) is 19.7. The molecular formula is C14H22N2O3. The van der Waals surface area contributed by atoms with Gasteiger partial charge in [0.05, 0.1) is 6.10 Å². The fourth-order valence-corrected chi connectivity index (χ4v) is 2.20. The van der Waals surface area contributed by atoms with Gasteiger partial charge in [0.25, 0.3) is 5.91 Å². The van der Waals surface area contributed by atoms with Crippen LogP contribution >= 0.6 is 0 Å². The lowest BCUT2D eigenvalue weighted by Crippen LogP contribution is -2.37. The van der Waals surface area contributed by atoms with Crippen molar-refractivity contribution in [3.63, 3.8) is 0 Å². The summed E-state index contributed by atoms with van der Waals surface area (Å²) in [7, 11) is 1.78. The van der Waals surface area contributed by atoms with E-state index in [0.29, 0.717) is 12.2 Å². The molecule has 0 N–H and O–H groups in total. The molecule has 0 aromatic carbocycles. The number of ether oxygens (including phenoxy) is 1. The van der Waals surface area contributed by atoms with Crippen LogP contribution in [0.2, 0.25) is 0 Å². The van der Waals surface area contributed by atoms with Crippen molar-refractivity contribution in [2.45, 2.75) is 45.1 Å². The molecule has 1 fully saturated rings. The van der Waals surface area contributed by atoms with Gasteiger partial charge in [-0.15, -0.1) is 0 Å². The second kappa shape index (κ2) is 6.19. The van der Waals surface area contributed by atoms with E-state index in [1.54, 1.807) is 18.0 Å². The molecule has 2 heterocycles. The van der Waals surface area contributed by atoms with E-state index in [9.17, 15) is 4.79 Å². The molecule has 1 aliphatic rings. The topological polar surface area (TPSA) is 55.6 Å². The predicted octanol–water partition coefficient (Wildman–Crippen LogP) is 2.44. The predicted molar refractivity (Wildman–Crippen MR) is 71.1 cm³/mol. The van der Waals surface area contributed by atoms with Crippen LogP contribution < -0.4 is 0 Å². The average molecular weight is 266 g/mol. The molecule has 0 radical (unpaired) electrons. The third-order valence-corrected chi connectivity index (χ3v) is 3.41. The van der Waals surface area contributed by atoms with Gasteiger partial charge in [0.15, 0.2) is 5.69 Å². The van der Waals surface area contributed by atoms with Gasteiger partial charge < -0.3 is 14.2 Å². The van der Waals surface area contributed by atoms with Crippen molar-refractivity contribution in [2.75, 3.05) is 20.2 Å². The molecule has 1 aromatic heterocycles. The molecule has 0 spiro atoms. The van der Waals surface area contributed by atoms with Crippen molar-refractivity contribution in [1.29, 1.82) is 0 Å². The highest BCUT2D eigenvalue weighted by Crippen LogP contribution is 2.17. The van der Waals surface area contributed by atoms with Crippen molar-refractivity contribution in [3.8, 4) is 0 Å². The molecular weight excluding hydrogens is 244 g/mol. The van der Waals surface area contributed by atoms with Gasteiger partial charge in [0, 0.05) is 32.2 Å². The van der Waals surface area contributed by atoms with Gasteiger partial charge in [-0.05, 0) is 19.3 Å². The fraction of sp³-hybridized carbons (Fsp3) is 0.714. The zero-order chi connectivity index (χ0) is 13.8.